The van der Waals surface area contributed by atoms with Crippen molar-refractivity contribution >= 4 is 37.8 Å². The Kier molecular flexibility index (Phi) is 8.86. The molecule has 1 rings (SSSR count). The van der Waals surface area contributed by atoms with Gasteiger partial charge in [-0.2, -0.15) is 0 Å². The van der Waals surface area contributed by atoms with Crippen molar-refractivity contribution < 1.29 is 9.53 Å². The van der Waals surface area contributed by atoms with Crippen LogP contribution in [0.2, 0.25) is 0 Å². The molecule has 0 aliphatic heterocycles. The zero-order chi connectivity index (χ0) is 14.8. The fourth-order valence-electron chi connectivity index (χ4n) is 1.95. The molecule has 110 valence electrons. The van der Waals surface area contributed by atoms with Gasteiger partial charge in [0, 0.05) is 16.2 Å². The third-order valence-corrected chi connectivity index (χ3v) is 4.63. The number of benzene rings is 1. The summed E-state index contributed by atoms with van der Waals surface area (Å²) in [7, 11) is 1.39. The standard InChI is InChI=1S/C16H20Br2O2/c1-20-16(19)11-5-3-2-4-10-15(18)14-9-7-6-8-13(14)12-17/h5-9,11,15H,2-4,10,12H2,1H3/b11-5+. The number of hydrogen-bond acceptors (Lipinski definition) is 2. The van der Waals surface area contributed by atoms with Gasteiger partial charge in [0.2, 0.25) is 0 Å². The van der Waals surface area contributed by atoms with Gasteiger partial charge in [-0.3, -0.25) is 0 Å². The van der Waals surface area contributed by atoms with Gasteiger partial charge in [-0.25, -0.2) is 4.79 Å². The molecule has 0 spiro atoms. The number of unbranched alkanes of at least 4 members (excludes halogenated alkanes) is 2. The second-order valence-electron chi connectivity index (χ2n) is 4.51. The van der Waals surface area contributed by atoms with Crippen LogP contribution in [0.1, 0.15) is 41.6 Å². The number of ether oxygens (including phenoxy) is 1. The van der Waals surface area contributed by atoms with Crippen LogP contribution in [0.4, 0.5) is 0 Å². The molecule has 1 aromatic carbocycles. The third kappa shape index (κ3) is 6.23. The average Bonchev–Trinajstić information content (AvgIpc) is 2.49. The molecule has 1 unspecified atom stereocenters. The van der Waals surface area contributed by atoms with E-state index in [1.807, 2.05) is 6.08 Å². The second kappa shape index (κ2) is 10.2. The van der Waals surface area contributed by atoms with Gasteiger partial charge in [0.1, 0.15) is 0 Å². The van der Waals surface area contributed by atoms with Crippen LogP contribution in [0, 0.1) is 0 Å². The SMILES string of the molecule is COC(=O)/C=C/CCCCC(Br)c1ccccc1CBr. The van der Waals surface area contributed by atoms with E-state index in [9.17, 15) is 4.79 Å². The Morgan fingerprint density at radius 1 is 1.35 bits per heavy atom. The lowest BCUT2D eigenvalue weighted by Gasteiger charge is -2.13. The maximum Gasteiger partial charge on any atom is 0.330 e. The molecule has 2 nitrogen and oxygen atoms in total. The van der Waals surface area contributed by atoms with Crippen LogP contribution in [-0.4, -0.2) is 13.1 Å². The predicted molar refractivity (Wildman–Crippen MR) is 90.4 cm³/mol. The van der Waals surface area contributed by atoms with E-state index in [0.717, 1.165) is 31.0 Å². The quantitative estimate of drug-likeness (QED) is 0.254. The fraction of sp³-hybridized carbons (Fsp3) is 0.438. The first kappa shape index (κ1) is 17.4. The summed E-state index contributed by atoms with van der Waals surface area (Å²) in [5, 5.41) is 0.882. The van der Waals surface area contributed by atoms with E-state index < -0.39 is 0 Å². The first-order valence-corrected chi connectivity index (χ1v) is 8.75. The molecule has 1 aromatic rings. The zero-order valence-corrected chi connectivity index (χ0v) is 14.8. The number of methoxy groups -OCH3 is 1. The van der Waals surface area contributed by atoms with Crippen LogP contribution in [0.3, 0.4) is 0 Å². The topological polar surface area (TPSA) is 26.3 Å². The zero-order valence-electron chi connectivity index (χ0n) is 11.6. The monoisotopic (exact) mass is 402 g/mol. The van der Waals surface area contributed by atoms with Crippen LogP contribution in [-0.2, 0) is 14.9 Å². The Morgan fingerprint density at radius 2 is 2.10 bits per heavy atom. The summed E-state index contributed by atoms with van der Waals surface area (Å²) in [6.07, 6.45) is 7.57. The molecule has 0 amide bonds. The summed E-state index contributed by atoms with van der Waals surface area (Å²) in [4.78, 5) is 11.3. The van der Waals surface area contributed by atoms with Crippen LogP contribution in [0.25, 0.3) is 0 Å². The van der Waals surface area contributed by atoms with Crippen LogP contribution >= 0.6 is 31.9 Å². The van der Waals surface area contributed by atoms with Gasteiger partial charge >= 0.3 is 5.97 Å². The summed E-state index contributed by atoms with van der Waals surface area (Å²) >= 11 is 7.29. The van der Waals surface area contributed by atoms with Crippen molar-refractivity contribution in [2.75, 3.05) is 7.11 Å². The fourth-order valence-corrected chi connectivity index (χ4v) is 3.23. The molecular formula is C16H20Br2O2. The molecule has 0 aliphatic rings. The molecule has 0 radical (unpaired) electrons. The molecule has 0 bridgehead atoms. The van der Waals surface area contributed by atoms with Gasteiger partial charge in [-0.1, -0.05) is 68.6 Å². The number of hydrogen-bond donors (Lipinski definition) is 0. The summed E-state index contributed by atoms with van der Waals surface area (Å²) in [6, 6.07) is 8.47. The summed E-state index contributed by atoms with van der Waals surface area (Å²) in [6.45, 7) is 0. The molecule has 0 fully saturated rings. The van der Waals surface area contributed by atoms with E-state index in [2.05, 4.69) is 60.9 Å². The summed E-state index contributed by atoms with van der Waals surface area (Å²) in [5.41, 5.74) is 2.69. The van der Waals surface area contributed by atoms with Crippen molar-refractivity contribution in [1.82, 2.24) is 0 Å². The molecule has 0 N–H and O–H groups in total. The maximum atomic E-state index is 10.9. The van der Waals surface area contributed by atoms with Crippen LogP contribution in [0.5, 0.6) is 0 Å². The van der Waals surface area contributed by atoms with Crippen LogP contribution in [0.15, 0.2) is 36.4 Å². The largest absolute Gasteiger partial charge is 0.466 e. The molecule has 20 heavy (non-hydrogen) atoms. The highest BCUT2D eigenvalue weighted by atomic mass is 79.9. The molecular weight excluding hydrogens is 384 g/mol. The summed E-state index contributed by atoms with van der Waals surface area (Å²) in [5.74, 6) is -0.283. The van der Waals surface area contributed by atoms with Crippen molar-refractivity contribution in [2.45, 2.75) is 35.8 Å². The van der Waals surface area contributed by atoms with E-state index in [0.29, 0.717) is 4.83 Å². The van der Waals surface area contributed by atoms with Gasteiger partial charge in [0.05, 0.1) is 7.11 Å². The number of allylic oxidation sites excluding steroid dienone is 1. The number of carbonyl (C=O) groups excluding carboxylic acids is 1. The van der Waals surface area contributed by atoms with Crippen LogP contribution < -0.4 is 0 Å². The average molecular weight is 404 g/mol. The minimum absolute atomic E-state index is 0.283. The van der Waals surface area contributed by atoms with E-state index in [4.69, 9.17) is 0 Å². The number of rotatable bonds is 8. The Bertz CT molecular complexity index is 444. The molecule has 0 aliphatic carbocycles. The third-order valence-electron chi connectivity index (χ3n) is 3.07. The highest BCUT2D eigenvalue weighted by Gasteiger charge is 2.10. The molecule has 0 aromatic heterocycles. The minimum Gasteiger partial charge on any atom is -0.466 e. The van der Waals surface area contributed by atoms with E-state index in [1.54, 1.807) is 0 Å². The van der Waals surface area contributed by atoms with Crippen molar-refractivity contribution in [3.8, 4) is 0 Å². The van der Waals surface area contributed by atoms with Gasteiger partial charge in [-0.15, -0.1) is 0 Å². The van der Waals surface area contributed by atoms with Crippen molar-refractivity contribution in [3.63, 3.8) is 0 Å². The van der Waals surface area contributed by atoms with Gasteiger partial charge < -0.3 is 4.74 Å². The Balaban J connectivity index is 2.31. The molecule has 0 saturated carbocycles. The van der Waals surface area contributed by atoms with Crippen molar-refractivity contribution in [3.05, 3.63) is 47.5 Å². The number of halogens is 2. The number of esters is 1. The maximum absolute atomic E-state index is 10.9. The highest BCUT2D eigenvalue weighted by Crippen LogP contribution is 2.31. The highest BCUT2D eigenvalue weighted by molar-refractivity contribution is 9.09. The Morgan fingerprint density at radius 3 is 2.80 bits per heavy atom. The number of alkyl halides is 2. The van der Waals surface area contributed by atoms with Gasteiger partial charge in [0.25, 0.3) is 0 Å². The Hall–Kier alpha value is -0.610. The van der Waals surface area contributed by atoms with Crippen molar-refractivity contribution in [1.29, 1.82) is 0 Å². The first-order chi connectivity index (χ1) is 9.69. The lowest BCUT2D eigenvalue weighted by molar-refractivity contribution is -0.134. The Labute approximate surface area is 137 Å². The molecule has 1 atom stereocenters. The smallest absolute Gasteiger partial charge is 0.330 e. The van der Waals surface area contributed by atoms with Gasteiger partial charge in [-0.05, 0) is 30.4 Å². The lowest BCUT2D eigenvalue weighted by Crippen LogP contribution is -1.95. The lowest BCUT2D eigenvalue weighted by atomic mass is 10.0. The predicted octanol–water partition coefficient (Wildman–Crippen LogP) is 5.31. The normalized spacial score (nSPS) is 12.6. The number of carbonyl (C=O) groups is 1. The first-order valence-electron chi connectivity index (χ1n) is 6.71. The van der Waals surface area contributed by atoms with E-state index in [1.165, 1.54) is 24.3 Å². The van der Waals surface area contributed by atoms with Crippen molar-refractivity contribution in [2.24, 2.45) is 0 Å². The molecule has 0 heterocycles. The summed E-state index contributed by atoms with van der Waals surface area (Å²) < 4.78 is 4.54. The molecule has 4 heteroatoms. The molecule has 0 saturated heterocycles. The minimum atomic E-state index is -0.283. The van der Waals surface area contributed by atoms with E-state index in [-0.39, 0.29) is 5.97 Å². The van der Waals surface area contributed by atoms with E-state index >= 15 is 0 Å². The second-order valence-corrected chi connectivity index (χ2v) is 6.18. The van der Waals surface area contributed by atoms with Gasteiger partial charge in [0.15, 0.2) is 0 Å².